The van der Waals surface area contributed by atoms with Gasteiger partial charge in [-0.25, -0.2) is 0 Å². The Morgan fingerprint density at radius 2 is 1.78 bits per heavy atom. The number of nitrogens with zero attached hydrogens (tertiary/aromatic N) is 2. The Bertz CT molecular complexity index is 1100. The summed E-state index contributed by atoms with van der Waals surface area (Å²) in [5.41, 5.74) is 3.22. The fourth-order valence-electron chi connectivity index (χ4n) is 4.06. The highest BCUT2D eigenvalue weighted by Gasteiger charge is 2.33. The van der Waals surface area contributed by atoms with Crippen LogP contribution in [0.1, 0.15) is 27.6 Å². The van der Waals surface area contributed by atoms with Crippen LogP contribution in [0.25, 0.3) is 6.08 Å². The van der Waals surface area contributed by atoms with E-state index in [1.807, 2.05) is 53.4 Å². The summed E-state index contributed by atoms with van der Waals surface area (Å²) in [4.78, 5) is 31.1. The first-order chi connectivity index (χ1) is 15.7. The van der Waals surface area contributed by atoms with Crippen molar-refractivity contribution in [2.75, 3.05) is 19.6 Å². The third-order valence-electron chi connectivity index (χ3n) is 5.61. The zero-order valence-electron chi connectivity index (χ0n) is 17.9. The maximum absolute atomic E-state index is 13.5. The average molecular weight is 443 g/mol. The van der Waals surface area contributed by atoms with Gasteiger partial charge in [-0.1, -0.05) is 66.7 Å². The lowest BCUT2D eigenvalue weighted by Gasteiger charge is -2.37. The maximum Gasteiger partial charge on any atom is 0.247 e. The van der Waals surface area contributed by atoms with Gasteiger partial charge in [0.2, 0.25) is 11.8 Å². The number of benzene rings is 2. The zero-order chi connectivity index (χ0) is 22.3. The number of hydrogen-bond donors (Lipinski definition) is 0. The Kier molecular flexibility index (Phi) is 6.97. The summed E-state index contributed by atoms with van der Waals surface area (Å²) in [7, 11) is 0. The van der Waals surface area contributed by atoms with E-state index in [-0.39, 0.29) is 24.4 Å². The second kappa shape index (κ2) is 10.2. The number of fused-ring (bicyclic) bond motifs is 1. The molecule has 2 aromatic carbocycles. The molecule has 0 aliphatic carbocycles. The average Bonchev–Trinajstić information content (AvgIpc) is 3.31. The molecule has 5 heteroatoms. The van der Waals surface area contributed by atoms with Crippen molar-refractivity contribution in [1.82, 2.24) is 9.80 Å². The lowest BCUT2D eigenvalue weighted by molar-refractivity contribution is -0.139. The first kappa shape index (κ1) is 21.8. The SMILES string of the molecule is C=CCN(CC(=O)N1CCc2sccc2C1c1ccccc1)C(=O)/C=C/c1ccccc1. The van der Waals surface area contributed by atoms with E-state index in [0.29, 0.717) is 13.1 Å². The molecule has 0 fully saturated rings. The number of carbonyl (C=O) groups is 2. The normalized spacial score (nSPS) is 15.4. The minimum Gasteiger partial charge on any atom is -0.330 e. The number of amides is 2. The van der Waals surface area contributed by atoms with E-state index < -0.39 is 0 Å². The fraction of sp³-hybridized carbons (Fsp3) is 0.185. The Hall–Kier alpha value is -3.44. The fourth-order valence-corrected chi connectivity index (χ4v) is 4.96. The van der Waals surface area contributed by atoms with Gasteiger partial charge in [-0.15, -0.1) is 17.9 Å². The minimum absolute atomic E-state index is 0.0206. The van der Waals surface area contributed by atoms with E-state index in [2.05, 4.69) is 30.2 Å². The van der Waals surface area contributed by atoms with Crippen LogP contribution < -0.4 is 0 Å². The Morgan fingerprint density at radius 3 is 2.50 bits per heavy atom. The van der Waals surface area contributed by atoms with Crippen molar-refractivity contribution in [3.63, 3.8) is 0 Å². The molecule has 0 bridgehead atoms. The summed E-state index contributed by atoms with van der Waals surface area (Å²) < 4.78 is 0. The number of hydrogen-bond acceptors (Lipinski definition) is 3. The molecule has 1 unspecified atom stereocenters. The Labute approximate surface area is 193 Å². The number of carbonyl (C=O) groups excluding carboxylic acids is 2. The molecule has 2 heterocycles. The van der Waals surface area contributed by atoms with Gasteiger partial charge in [0.15, 0.2) is 0 Å². The van der Waals surface area contributed by atoms with E-state index in [4.69, 9.17) is 0 Å². The van der Waals surface area contributed by atoms with Crippen LogP contribution in [0.2, 0.25) is 0 Å². The van der Waals surface area contributed by atoms with Crippen LogP contribution in [0, 0.1) is 0 Å². The van der Waals surface area contributed by atoms with Crippen LogP contribution in [-0.2, 0) is 16.0 Å². The van der Waals surface area contributed by atoms with Gasteiger partial charge < -0.3 is 9.80 Å². The monoisotopic (exact) mass is 442 g/mol. The molecule has 0 radical (unpaired) electrons. The van der Waals surface area contributed by atoms with Gasteiger partial charge in [-0.2, -0.15) is 0 Å². The second-order valence-corrected chi connectivity index (χ2v) is 8.70. The molecule has 4 rings (SSSR count). The molecule has 162 valence electrons. The second-order valence-electron chi connectivity index (χ2n) is 7.70. The highest BCUT2D eigenvalue weighted by atomic mass is 32.1. The van der Waals surface area contributed by atoms with Gasteiger partial charge in [-0.05, 0) is 40.6 Å². The van der Waals surface area contributed by atoms with Crippen molar-refractivity contribution in [3.05, 3.63) is 112 Å². The minimum atomic E-state index is -0.202. The summed E-state index contributed by atoms with van der Waals surface area (Å²) in [5.74, 6) is -0.259. The molecule has 0 saturated heterocycles. The molecule has 0 spiro atoms. The summed E-state index contributed by atoms with van der Waals surface area (Å²) in [6.07, 6.45) is 5.79. The third-order valence-corrected chi connectivity index (χ3v) is 6.60. The molecule has 32 heavy (non-hydrogen) atoms. The van der Waals surface area contributed by atoms with Crippen molar-refractivity contribution in [2.45, 2.75) is 12.5 Å². The zero-order valence-corrected chi connectivity index (χ0v) is 18.7. The first-order valence-corrected chi connectivity index (χ1v) is 11.6. The van der Waals surface area contributed by atoms with Crippen molar-refractivity contribution in [3.8, 4) is 0 Å². The molecule has 1 aromatic heterocycles. The van der Waals surface area contributed by atoms with Crippen molar-refractivity contribution in [2.24, 2.45) is 0 Å². The topological polar surface area (TPSA) is 40.6 Å². The summed E-state index contributed by atoms with van der Waals surface area (Å²) in [6, 6.07) is 21.8. The van der Waals surface area contributed by atoms with Gasteiger partial charge in [0.1, 0.15) is 6.54 Å². The highest BCUT2D eigenvalue weighted by Crippen LogP contribution is 2.37. The van der Waals surface area contributed by atoms with Crippen LogP contribution in [0.4, 0.5) is 0 Å². The largest absolute Gasteiger partial charge is 0.330 e. The van der Waals surface area contributed by atoms with Crippen LogP contribution in [-0.4, -0.2) is 41.2 Å². The van der Waals surface area contributed by atoms with E-state index in [0.717, 1.165) is 17.5 Å². The molecular weight excluding hydrogens is 416 g/mol. The van der Waals surface area contributed by atoms with E-state index in [9.17, 15) is 9.59 Å². The predicted octanol–water partition coefficient (Wildman–Crippen LogP) is 4.95. The van der Waals surface area contributed by atoms with Gasteiger partial charge >= 0.3 is 0 Å². The van der Waals surface area contributed by atoms with Crippen LogP contribution >= 0.6 is 11.3 Å². The highest BCUT2D eigenvalue weighted by molar-refractivity contribution is 7.10. The van der Waals surface area contributed by atoms with Gasteiger partial charge in [0.05, 0.1) is 6.04 Å². The standard InChI is InChI=1S/C27H26N2O2S/c1-2-17-28(25(30)14-13-21-9-5-3-6-10-21)20-26(31)29-18-15-24-23(16-19-32-24)27(29)22-11-7-4-8-12-22/h2-14,16,19,27H,1,15,17-18,20H2/b14-13+. The van der Waals surface area contributed by atoms with Gasteiger partial charge in [-0.3, -0.25) is 9.59 Å². The van der Waals surface area contributed by atoms with Gasteiger partial charge in [0.25, 0.3) is 0 Å². The quantitative estimate of drug-likeness (QED) is 0.384. The smallest absolute Gasteiger partial charge is 0.247 e. The van der Waals surface area contributed by atoms with Crippen molar-refractivity contribution in [1.29, 1.82) is 0 Å². The van der Waals surface area contributed by atoms with E-state index in [1.165, 1.54) is 16.5 Å². The van der Waals surface area contributed by atoms with Crippen LogP contribution in [0.3, 0.4) is 0 Å². The van der Waals surface area contributed by atoms with Crippen molar-refractivity contribution < 1.29 is 9.59 Å². The molecule has 2 amide bonds. The molecule has 0 saturated carbocycles. The molecule has 1 atom stereocenters. The molecular formula is C27H26N2O2S. The molecule has 4 nitrogen and oxygen atoms in total. The van der Waals surface area contributed by atoms with E-state index >= 15 is 0 Å². The molecule has 3 aromatic rings. The molecule has 1 aliphatic rings. The van der Waals surface area contributed by atoms with Crippen LogP contribution in [0.5, 0.6) is 0 Å². The van der Waals surface area contributed by atoms with Crippen LogP contribution in [0.15, 0.2) is 90.8 Å². The molecule has 1 aliphatic heterocycles. The van der Waals surface area contributed by atoms with Crippen molar-refractivity contribution >= 4 is 29.2 Å². The Balaban J connectivity index is 1.54. The Morgan fingerprint density at radius 1 is 1.06 bits per heavy atom. The lowest BCUT2D eigenvalue weighted by atomic mass is 9.93. The van der Waals surface area contributed by atoms with E-state index in [1.54, 1.807) is 28.4 Å². The summed E-state index contributed by atoms with van der Waals surface area (Å²) >= 11 is 1.74. The lowest BCUT2D eigenvalue weighted by Crippen LogP contribution is -2.46. The number of rotatable bonds is 7. The number of thiophene rings is 1. The third kappa shape index (κ3) is 4.89. The van der Waals surface area contributed by atoms with Gasteiger partial charge in [0, 0.05) is 24.0 Å². The molecule has 0 N–H and O–H groups in total. The first-order valence-electron chi connectivity index (χ1n) is 10.7. The summed E-state index contributed by atoms with van der Waals surface area (Å²) in [6.45, 7) is 4.74. The maximum atomic E-state index is 13.5. The predicted molar refractivity (Wildman–Crippen MR) is 130 cm³/mol. The summed E-state index contributed by atoms with van der Waals surface area (Å²) in [5, 5.41) is 2.09.